The van der Waals surface area contributed by atoms with Crippen LogP contribution in [0.4, 0.5) is 10.5 Å². The predicted octanol–water partition coefficient (Wildman–Crippen LogP) is 1.67. The molecular formula is C17H20N4O2. The number of hydrogen-bond acceptors (Lipinski definition) is 3. The van der Waals surface area contributed by atoms with Crippen LogP contribution >= 0.6 is 0 Å². The summed E-state index contributed by atoms with van der Waals surface area (Å²) in [6.45, 7) is 1.96. The minimum atomic E-state index is -0.142. The lowest BCUT2D eigenvalue weighted by Crippen LogP contribution is -2.39. The zero-order chi connectivity index (χ0) is 16.6. The van der Waals surface area contributed by atoms with Crippen molar-refractivity contribution in [2.24, 2.45) is 5.41 Å². The smallest absolute Gasteiger partial charge is 0.319 e. The maximum Gasteiger partial charge on any atom is 0.319 e. The van der Waals surface area contributed by atoms with Gasteiger partial charge in [0.25, 0.3) is 0 Å². The monoisotopic (exact) mass is 312 g/mol. The molecule has 3 rings (SSSR count). The summed E-state index contributed by atoms with van der Waals surface area (Å²) in [6, 6.07) is 9.16. The van der Waals surface area contributed by atoms with Gasteiger partial charge in [0, 0.05) is 51.3 Å². The van der Waals surface area contributed by atoms with Crippen LogP contribution in [0.25, 0.3) is 0 Å². The predicted molar refractivity (Wildman–Crippen MR) is 85.8 cm³/mol. The van der Waals surface area contributed by atoms with Crippen LogP contribution in [0.15, 0.2) is 24.3 Å². The zero-order valence-electron chi connectivity index (χ0n) is 13.5. The third kappa shape index (κ3) is 2.74. The molecule has 6 heteroatoms. The van der Waals surface area contributed by atoms with Gasteiger partial charge in [-0.25, -0.2) is 4.79 Å². The molecule has 0 unspecified atom stereocenters. The van der Waals surface area contributed by atoms with Gasteiger partial charge in [0.2, 0.25) is 5.91 Å². The lowest BCUT2D eigenvalue weighted by Gasteiger charge is -2.25. The summed E-state index contributed by atoms with van der Waals surface area (Å²) in [7, 11) is 3.49. The quantitative estimate of drug-likeness (QED) is 0.792. The average molecular weight is 312 g/mol. The van der Waals surface area contributed by atoms with Crippen LogP contribution in [0.2, 0.25) is 0 Å². The van der Waals surface area contributed by atoms with E-state index in [0.717, 1.165) is 12.1 Å². The van der Waals surface area contributed by atoms with Gasteiger partial charge in [0.05, 0.1) is 11.6 Å². The van der Waals surface area contributed by atoms with E-state index in [2.05, 4.69) is 6.07 Å². The molecule has 1 spiro atoms. The van der Waals surface area contributed by atoms with Crippen molar-refractivity contribution in [1.29, 1.82) is 5.26 Å². The van der Waals surface area contributed by atoms with E-state index in [4.69, 9.17) is 5.26 Å². The van der Waals surface area contributed by atoms with E-state index in [1.165, 1.54) is 0 Å². The van der Waals surface area contributed by atoms with Gasteiger partial charge in [-0.3, -0.25) is 4.79 Å². The molecule has 2 fully saturated rings. The maximum absolute atomic E-state index is 12.4. The van der Waals surface area contributed by atoms with Gasteiger partial charge in [-0.15, -0.1) is 0 Å². The van der Waals surface area contributed by atoms with Crippen molar-refractivity contribution in [3.05, 3.63) is 29.8 Å². The number of carbonyl (C=O) groups is 2. The lowest BCUT2D eigenvalue weighted by atomic mass is 9.86. The number of amides is 3. The molecule has 1 atom stereocenters. The Labute approximate surface area is 135 Å². The van der Waals surface area contributed by atoms with Crippen molar-refractivity contribution >= 4 is 17.6 Å². The third-order valence-corrected chi connectivity index (χ3v) is 4.72. The van der Waals surface area contributed by atoms with Gasteiger partial charge < -0.3 is 14.7 Å². The van der Waals surface area contributed by atoms with Crippen LogP contribution in [0.1, 0.15) is 18.4 Å². The van der Waals surface area contributed by atoms with E-state index in [1.807, 2.05) is 17.0 Å². The van der Waals surface area contributed by atoms with E-state index < -0.39 is 0 Å². The number of benzene rings is 1. The van der Waals surface area contributed by atoms with Gasteiger partial charge in [-0.2, -0.15) is 5.26 Å². The normalized spacial score (nSPS) is 23.4. The molecule has 120 valence electrons. The van der Waals surface area contributed by atoms with Crippen LogP contribution in [0, 0.1) is 16.7 Å². The molecule has 2 heterocycles. The maximum atomic E-state index is 12.4. The SMILES string of the molecule is CN(C)C(=O)N1CC[C@@]2(CC(=O)N(c3ccc(C#N)cc3)C2)C1. The first-order valence-electron chi connectivity index (χ1n) is 7.71. The van der Waals surface area contributed by atoms with E-state index in [0.29, 0.717) is 31.6 Å². The molecule has 1 aromatic rings. The second-order valence-electron chi connectivity index (χ2n) is 6.66. The molecule has 2 saturated heterocycles. The van der Waals surface area contributed by atoms with Crippen LogP contribution in [0.5, 0.6) is 0 Å². The van der Waals surface area contributed by atoms with Crippen LogP contribution < -0.4 is 4.90 Å². The summed E-state index contributed by atoms with van der Waals surface area (Å²) >= 11 is 0. The van der Waals surface area contributed by atoms with E-state index in [1.54, 1.807) is 36.0 Å². The minimum absolute atomic E-state index is 0.00569. The number of urea groups is 1. The molecule has 2 aliphatic rings. The summed E-state index contributed by atoms with van der Waals surface area (Å²) < 4.78 is 0. The number of nitriles is 1. The van der Waals surface area contributed by atoms with Gasteiger partial charge >= 0.3 is 6.03 Å². The summed E-state index contributed by atoms with van der Waals surface area (Å²) in [4.78, 5) is 29.7. The number of nitrogens with zero attached hydrogens (tertiary/aromatic N) is 4. The van der Waals surface area contributed by atoms with Crippen molar-refractivity contribution in [1.82, 2.24) is 9.80 Å². The highest BCUT2D eigenvalue weighted by Crippen LogP contribution is 2.42. The Morgan fingerprint density at radius 3 is 2.57 bits per heavy atom. The van der Waals surface area contributed by atoms with Crippen molar-refractivity contribution in [3.8, 4) is 6.07 Å². The molecule has 6 nitrogen and oxygen atoms in total. The molecule has 0 N–H and O–H groups in total. The van der Waals surface area contributed by atoms with Crippen molar-refractivity contribution < 1.29 is 9.59 Å². The first-order chi connectivity index (χ1) is 10.9. The Kier molecular flexibility index (Phi) is 3.72. The lowest BCUT2D eigenvalue weighted by molar-refractivity contribution is -0.117. The fourth-order valence-corrected chi connectivity index (χ4v) is 3.50. The topological polar surface area (TPSA) is 67.7 Å². The number of anilines is 1. The second-order valence-corrected chi connectivity index (χ2v) is 6.66. The minimum Gasteiger partial charge on any atom is -0.331 e. The fraction of sp³-hybridized carbons (Fsp3) is 0.471. The number of carbonyl (C=O) groups excluding carboxylic acids is 2. The Balaban J connectivity index is 1.75. The van der Waals surface area contributed by atoms with Gasteiger partial charge in [-0.1, -0.05) is 0 Å². The first kappa shape index (κ1) is 15.3. The molecule has 2 aliphatic heterocycles. The van der Waals surface area contributed by atoms with E-state index in [9.17, 15) is 9.59 Å². The largest absolute Gasteiger partial charge is 0.331 e. The summed E-state index contributed by atoms with van der Waals surface area (Å²) in [6.07, 6.45) is 1.33. The van der Waals surface area contributed by atoms with Crippen LogP contribution in [-0.4, -0.2) is 55.5 Å². The third-order valence-electron chi connectivity index (χ3n) is 4.72. The fourth-order valence-electron chi connectivity index (χ4n) is 3.50. The summed E-state index contributed by atoms with van der Waals surface area (Å²) in [5, 5.41) is 8.87. The Morgan fingerprint density at radius 2 is 1.96 bits per heavy atom. The van der Waals surface area contributed by atoms with E-state index in [-0.39, 0.29) is 17.4 Å². The van der Waals surface area contributed by atoms with Crippen molar-refractivity contribution in [2.75, 3.05) is 38.6 Å². The highest BCUT2D eigenvalue weighted by atomic mass is 16.2. The van der Waals surface area contributed by atoms with Crippen molar-refractivity contribution in [2.45, 2.75) is 12.8 Å². The highest BCUT2D eigenvalue weighted by Gasteiger charge is 2.48. The Morgan fingerprint density at radius 1 is 1.26 bits per heavy atom. The first-order valence-corrected chi connectivity index (χ1v) is 7.71. The zero-order valence-corrected chi connectivity index (χ0v) is 13.5. The molecule has 0 aliphatic carbocycles. The van der Waals surface area contributed by atoms with Gasteiger partial charge in [0.1, 0.15) is 0 Å². The summed E-state index contributed by atoms with van der Waals surface area (Å²) in [5.41, 5.74) is 1.26. The molecule has 0 radical (unpaired) electrons. The van der Waals surface area contributed by atoms with Gasteiger partial charge in [-0.05, 0) is 30.7 Å². The molecule has 0 saturated carbocycles. The molecule has 1 aromatic carbocycles. The molecule has 3 amide bonds. The number of hydrogen-bond donors (Lipinski definition) is 0. The van der Waals surface area contributed by atoms with Crippen LogP contribution in [0.3, 0.4) is 0 Å². The van der Waals surface area contributed by atoms with Crippen molar-refractivity contribution in [3.63, 3.8) is 0 Å². The molecular weight excluding hydrogens is 292 g/mol. The van der Waals surface area contributed by atoms with Gasteiger partial charge in [0.15, 0.2) is 0 Å². The highest BCUT2D eigenvalue weighted by molar-refractivity contribution is 5.96. The second kappa shape index (κ2) is 5.58. The standard InChI is InChI=1S/C17H20N4O2/c1-19(2)16(23)20-8-7-17(11-20)9-15(22)21(12-17)14-5-3-13(10-18)4-6-14/h3-6H,7-9,11-12H2,1-2H3/t17-/m1/s1. The van der Waals surface area contributed by atoms with Crippen LogP contribution in [-0.2, 0) is 4.79 Å². The molecule has 0 bridgehead atoms. The molecule has 23 heavy (non-hydrogen) atoms. The average Bonchev–Trinajstić information content (AvgIpc) is 3.10. The Hall–Kier alpha value is -2.55. The summed E-state index contributed by atoms with van der Waals surface area (Å²) in [5.74, 6) is 0.0915. The Bertz CT molecular complexity index is 677. The van der Waals surface area contributed by atoms with E-state index >= 15 is 0 Å². The molecule has 0 aromatic heterocycles. The number of likely N-dealkylation sites (tertiary alicyclic amines) is 1. The number of rotatable bonds is 1.